The van der Waals surface area contributed by atoms with E-state index in [2.05, 4.69) is 26.5 Å². The highest BCUT2D eigenvalue weighted by Gasteiger charge is 2.14. The zero-order valence-electron chi connectivity index (χ0n) is 15.1. The van der Waals surface area contributed by atoms with E-state index in [9.17, 15) is 14.9 Å². The maximum Gasteiger partial charge on any atom is 0.310 e. The average Bonchev–Trinajstić information content (AvgIpc) is 3.16. The molecule has 0 saturated carbocycles. The van der Waals surface area contributed by atoms with Crippen LogP contribution in [0.3, 0.4) is 0 Å². The Balaban J connectivity index is 1.50. The number of halogens is 1. The number of hydrazone groups is 1. The van der Waals surface area contributed by atoms with E-state index >= 15 is 0 Å². The van der Waals surface area contributed by atoms with Crippen LogP contribution in [0.1, 0.15) is 17.1 Å². The molecule has 1 heterocycles. The minimum absolute atomic E-state index is 0.0224. The number of nitro groups is 1. The molecular formula is C20H16BrN3O5. The number of carbonyl (C=O) groups is 1. The lowest BCUT2D eigenvalue weighted by Crippen LogP contribution is -2.19. The van der Waals surface area contributed by atoms with Gasteiger partial charge in [-0.05, 0) is 35.9 Å². The van der Waals surface area contributed by atoms with Crippen molar-refractivity contribution < 1.29 is 18.9 Å². The van der Waals surface area contributed by atoms with Crippen molar-refractivity contribution in [3.63, 3.8) is 0 Å². The van der Waals surface area contributed by atoms with Crippen LogP contribution in [0.5, 0.6) is 5.75 Å². The van der Waals surface area contributed by atoms with Gasteiger partial charge in [0.1, 0.15) is 18.1 Å². The highest BCUT2D eigenvalue weighted by Crippen LogP contribution is 2.26. The SMILES string of the molecule is O=C(Cc1ccc(Br)cc1)N/N=C\c1ccc(COc2ccccc2[N+](=O)[O-])o1. The standard InChI is InChI=1S/C20H16BrN3O5/c21-15-7-5-14(6-8-15)11-20(25)23-22-12-16-9-10-17(29-16)13-28-19-4-2-1-3-18(19)24(26)27/h1-10,12H,11,13H2,(H,23,25)/b22-12-. The molecule has 0 saturated heterocycles. The number of nitrogens with zero attached hydrogens (tertiary/aromatic N) is 2. The topological polar surface area (TPSA) is 107 Å². The summed E-state index contributed by atoms with van der Waals surface area (Å²) in [6, 6.07) is 16.9. The second-order valence-electron chi connectivity index (χ2n) is 5.91. The Labute approximate surface area is 174 Å². The summed E-state index contributed by atoms with van der Waals surface area (Å²) >= 11 is 3.34. The molecule has 0 aliphatic rings. The Kier molecular flexibility index (Phi) is 6.75. The van der Waals surface area contributed by atoms with Crippen LogP contribution in [-0.4, -0.2) is 17.0 Å². The van der Waals surface area contributed by atoms with Crippen LogP contribution in [0.25, 0.3) is 0 Å². The van der Waals surface area contributed by atoms with Gasteiger partial charge < -0.3 is 9.15 Å². The lowest BCUT2D eigenvalue weighted by atomic mass is 10.1. The number of para-hydroxylation sites is 2. The number of nitro benzene ring substituents is 1. The molecule has 0 bridgehead atoms. The summed E-state index contributed by atoms with van der Waals surface area (Å²) in [5.74, 6) is 0.778. The smallest absolute Gasteiger partial charge is 0.310 e. The number of hydrogen-bond donors (Lipinski definition) is 1. The quantitative estimate of drug-likeness (QED) is 0.309. The van der Waals surface area contributed by atoms with E-state index in [-0.39, 0.29) is 30.4 Å². The van der Waals surface area contributed by atoms with E-state index in [4.69, 9.17) is 9.15 Å². The van der Waals surface area contributed by atoms with Gasteiger partial charge in [0.05, 0.1) is 17.6 Å². The van der Waals surface area contributed by atoms with E-state index in [1.807, 2.05) is 24.3 Å². The molecule has 148 valence electrons. The molecule has 0 atom stereocenters. The van der Waals surface area contributed by atoms with Crippen LogP contribution < -0.4 is 10.2 Å². The summed E-state index contributed by atoms with van der Waals surface area (Å²) in [4.78, 5) is 22.4. The fraction of sp³-hybridized carbons (Fsp3) is 0.100. The molecule has 0 fully saturated rings. The maximum absolute atomic E-state index is 11.9. The van der Waals surface area contributed by atoms with Gasteiger partial charge in [-0.3, -0.25) is 14.9 Å². The summed E-state index contributed by atoms with van der Waals surface area (Å²) in [6.45, 7) is 0.0224. The van der Waals surface area contributed by atoms with E-state index in [1.165, 1.54) is 18.3 Å². The molecule has 0 aliphatic heterocycles. The first-order valence-electron chi connectivity index (χ1n) is 8.52. The Morgan fingerprint density at radius 3 is 2.69 bits per heavy atom. The minimum atomic E-state index is -0.507. The fourth-order valence-electron chi connectivity index (χ4n) is 2.42. The van der Waals surface area contributed by atoms with Crippen molar-refractivity contribution >= 4 is 33.7 Å². The molecule has 0 aliphatic carbocycles. The molecule has 2 aromatic carbocycles. The van der Waals surface area contributed by atoms with Crippen molar-refractivity contribution in [2.75, 3.05) is 0 Å². The molecule has 1 aromatic heterocycles. The monoisotopic (exact) mass is 457 g/mol. The molecule has 29 heavy (non-hydrogen) atoms. The lowest BCUT2D eigenvalue weighted by molar-refractivity contribution is -0.386. The molecule has 1 amide bonds. The summed E-state index contributed by atoms with van der Waals surface area (Å²) in [6.07, 6.45) is 1.58. The molecule has 3 rings (SSSR count). The zero-order chi connectivity index (χ0) is 20.6. The predicted octanol–water partition coefficient (Wildman–Crippen LogP) is 4.22. The molecule has 3 aromatic rings. The zero-order valence-corrected chi connectivity index (χ0v) is 16.7. The number of ether oxygens (including phenoxy) is 1. The highest BCUT2D eigenvalue weighted by atomic mass is 79.9. The first-order chi connectivity index (χ1) is 14.0. The largest absolute Gasteiger partial charge is 0.479 e. The average molecular weight is 458 g/mol. The highest BCUT2D eigenvalue weighted by molar-refractivity contribution is 9.10. The summed E-state index contributed by atoms with van der Waals surface area (Å²) < 4.78 is 11.9. The third kappa shape index (κ3) is 6.01. The molecular weight excluding hydrogens is 442 g/mol. The van der Waals surface area contributed by atoms with Crippen LogP contribution in [0.2, 0.25) is 0 Å². The van der Waals surface area contributed by atoms with Gasteiger partial charge in [-0.15, -0.1) is 0 Å². The van der Waals surface area contributed by atoms with Crippen LogP contribution in [0, 0.1) is 10.1 Å². The molecule has 9 heteroatoms. The number of nitrogens with one attached hydrogen (secondary N) is 1. The maximum atomic E-state index is 11.9. The van der Waals surface area contributed by atoms with Gasteiger partial charge in [-0.25, -0.2) is 5.43 Å². The number of hydrogen-bond acceptors (Lipinski definition) is 6. The Morgan fingerprint density at radius 1 is 1.17 bits per heavy atom. The summed E-state index contributed by atoms with van der Waals surface area (Å²) in [5.41, 5.74) is 3.19. The third-order valence-electron chi connectivity index (χ3n) is 3.77. The van der Waals surface area contributed by atoms with Gasteiger partial charge in [0.25, 0.3) is 0 Å². The molecule has 0 unspecified atom stereocenters. The van der Waals surface area contributed by atoms with Crippen molar-refractivity contribution in [3.05, 3.63) is 92.3 Å². The van der Waals surface area contributed by atoms with Crippen LogP contribution in [0.15, 0.2) is 74.7 Å². The minimum Gasteiger partial charge on any atom is -0.479 e. The molecule has 1 N–H and O–H groups in total. The molecule has 0 spiro atoms. The van der Waals surface area contributed by atoms with E-state index in [0.717, 1.165) is 10.0 Å². The van der Waals surface area contributed by atoms with Crippen molar-refractivity contribution in [1.82, 2.24) is 5.43 Å². The van der Waals surface area contributed by atoms with Crippen LogP contribution in [0.4, 0.5) is 5.69 Å². The van der Waals surface area contributed by atoms with Gasteiger partial charge >= 0.3 is 5.69 Å². The van der Waals surface area contributed by atoms with Crippen LogP contribution in [-0.2, 0) is 17.8 Å². The summed E-state index contributed by atoms with van der Waals surface area (Å²) in [7, 11) is 0. The number of carbonyl (C=O) groups excluding carboxylic acids is 1. The number of amides is 1. The second kappa shape index (κ2) is 9.65. The first-order valence-corrected chi connectivity index (χ1v) is 9.32. The van der Waals surface area contributed by atoms with E-state index in [0.29, 0.717) is 11.5 Å². The van der Waals surface area contributed by atoms with Gasteiger partial charge in [-0.1, -0.05) is 40.2 Å². The Hall–Kier alpha value is -3.46. The van der Waals surface area contributed by atoms with Crippen molar-refractivity contribution in [3.8, 4) is 5.75 Å². The fourth-order valence-corrected chi connectivity index (χ4v) is 2.68. The number of benzene rings is 2. The number of furan rings is 1. The second-order valence-corrected chi connectivity index (χ2v) is 6.83. The van der Waals surface area contributed by atoms with Crippen LogP contribution >= 0.6 is 15.9 Å². The first kappa shape index (κ1) is 20.3. The Bertz CT molecular complexity index is 1030. The normalized spacial score (nSPS) is 10.8. The number of rotatable bonds is 8. The van der Waals surface area contributed by atoms with Crippen molar-refractivity contribution in [2.24, 2.45) is 5.10 Å². The van der Waals surface area contributed by atoms with Crippen molar-refractivity contribution in [2.45, 2.75) is 13.0 Å². The lowest BCUT2D eigenvalue weighted by Gasteiger charge is -2.04. The Morgan fingerprint density at radius 2 is 1.93 bits per heavy atom. The van der Waals surface area contributed by atoms with Crippen molar-refractivity contribution in [1.29, 1.82) is 0 Å². The molecule has 0 radical (unpaired) electrons. The van der Waals surface area contributed by atoms with Gasteiger partial charge in [0.2, 0.25) is 5.91 Å². The van der Waals surface area contributed by atoms with E-state index < -0.39 is 4.92 Å². The predicted molar refractivity (Wildman–Crippen MR) is 110 cm³/mol. The van der Waals surface area contributed by atoms with Gasteiger partial charge in [-0.2, -0.15) is 5.10 Å². The van der Waals surface area contributed by atoms with Gasteiger partial charge in [0, 0.05) is 10.5 Å². The third-order valence-corrected chi connectivity index (χ3v) is 4.30. The summed E-state index contributed by atoms with van der Waals surface area (Å²) in [5, 5.41) is 14.9. The molecule has 8 nitrogen and oxygen atoms in total. The van der Waals surface area contributed by atoms with E-state index in [1.54, 1.807) is 24.3 Å². The van der Waals surface area contributed by atoms with Gasteiger partial charge in [0.15, 0.2) is 5.75 Å².